The molecule has 2 aliphatic heterocycles. The van der Waals surface area contributed by atoms with Crippen molar-refractivity contribution in [2.45, 2.75) is 32.6 Å². The van der Waals surface area contributed by atoms with E-state index < -0.39 is 0 Å². The minimum Gasteiger partial charge on any atom is -0.454 e. The summed E-state index contributed by atoms with van der Waals surface area (Å²) in [5.74, 6) is 1.55. The van der Waals surface area contributed by atoms with E-state index in [4.69, 9.17) is 9.47 Å². The van der Waals surface area contributed by atoms with Crippen molar-refractivity contribution in [1.29, 1.82) is 0 Å². The number of thiazole rings is 1. The molecule has 1 fully saturated rings. The monoisotopic (exact) mass is 477 g/mol. The highest BCUT2D eigenvalue weighted by Gasteiger charge is 2.29. The number of nitrogens with one attached hydrogen (secondary N) is 1. The third-order valence-electron chi connectivity index (χ3n) is 6.34. The van der Waals surface area contributed by atoms with Gasteiger partial charge in [0.2, 0.25) is 12.7 Å². The Morgan fingerprint density at radius 3 is 2.53 bits per heavy atom. The Balaban J connectivity index is 1.16. The van der Waals surface area contributed by atoms with E-state index in [0.717, 1.165) is 10.6 Å². The number of ether oxygens (including phenoxy) is 2. The zero-order valence-electron chi connectivity index (χ0n) is 19.2. The molecule has 2 amide bonds. The van der Waals surface area contributed by atoms with Crippen LogP contribution in [0.5, 0.6) is 11.5 Å². The molecule has 0 unspecified atom stereocenters. The summed E-state index contributed by atoms with van der Waals surface area (Å²) in [6, 6.07) is 13.7. The van der Waals surface area contributed by atoms with Gasteiger partial charge in [-0.1, -0.05) is 38.1 Å². The maximum Gasteiger partial charge on any atom is 0.273 e. The van der Waals surface area contributed by atoms with Crippen LogP contribution < -0.4 is 14.8 Å². The Hall–Kier alpha value is -3.39. The van der Waals surface area contributed by atoms with Gasteiger partial charge in [-0.3, -0.25) is 9.59 Å². The summed E-state index contributed by atoms with van der Waals surface area (Å²) >= 11 is 1.48. The Kier molecular flexibility index (Phi) is 6.24. The van der Waals surface area contributed by atoms with Gasteiger partial charge in [-0.25, -0.2) is 4.98 Å². The van der Waals surface area contributed by atoms with E-state index in [0.29, 0.717) is 54.7 Å². The minimum absolute atomic E-state index is 0.0354. The number of fused-ring (bicyclic) bond motifs is 1. The van der Waals surface area contributed by atoms with Gasteiger partial charge in [0.15, 0.2) is 11.5 Å². The first-order valence-corrected chi connectivity index (χ1v) is 12.4. The quantitative estimate of drug-likeness (QED) is 0.549. The van der Waals surface area contributed by atoms with E-state index in [9.17, 15) is 9.59 Å². The lowest BCUT2D eigenvalue weighted by Gasteiger charge is -2.30. The SMILES string of the molecule is CC(C)c1ccc(-c2nc(C(=O)N3CCC(C(=O)Nc4ccc5c(c4)OCO5)CC3)cs2)cc1. The van der Waals surface area contributed by atoms with E-state index in [1.807, 2.05) is 5.38 Å². The zero-order valence-corrected chi connectivity index (χ0v) is 20.1. The number of piperidine rings is 1. The zero-order chi connectivity index (χ0) is 23.7. The van der Waals surface area contributed by atoms with Gasteiger partial charge in [0.25, 0.3) is 5.91 Å². The number of aromatic nitrogens is 1. The highest BCUT2D eigenvalue weighted by atomic mass is 32.1. The van der Waals surface area contributed by atoms with Gasteiger partial charge in [0.1, 0.15) is 10.7 Å². The molecule has 1 saturated heterocycles. The van der Waals surface area contributed by atoms with Crippen molar-refractivity contribution in [2.24, 2.45) is 5.92 Å². The van der Waals surface area contributed by atoms with Gasteiger partial charge in [0, 0.05) is 41.7 Å². The fraction of sp³-hybridized carbons (Fsp3) is 0.346. The van der Waals surface area contributed by atoms with Gasteiger partial charge in [0.05, 0.1) is 0 Å². The largest absolute Gasteiger partial charge is 0.454 e. The summed E-state index contributed by atoms with van der Waals surface area (Å²) in [6.45, 7) is 5.60. The van der Waals surface area contributed by atoms with Crippen molar-refractivity contribution in [2.75, 3.05) is 25.2 Å². The number of carbonyl (C=O) groups is 2. The molecule has 3 heterocycles. The maximum absolute atomic E-state index is 13.0. The third-order valence-corrected chi connectivity index (χ3v) is 7.23. The Labute approximate surface area is 202 Å². The molecule has 176 valence electrons. The van der Waals surface area contributed by atoms with E-state index in [-0.39, 0.29) is 24.5 Å². The Morgan fingerprint density at radius 1 is 1.06 bits per heavy atom. The van der Waals surface area contributed by atoms with Crippen molar-refractivity contribution >= 4 is 28.8 Å². The molecule has 1 aromatic heterocycles. The van der Waals surface area contributed by atoms with Crippen molar-refractivity contribution in [1.82, 2.24) is 9.88 Å². The first-order valence-electron chi connectivity index (χ1n) is 11.5. The topological polar surface area (TPSA) is 80.8 Å². The molecule has 34 heavy (non-hydrogen) atoms. The average molecular weight is 478 g/mol. The molecule has 7 nitrogen and oxygen atoms in total. The van der Waals surface area contributed by atoms with Crippen LogP contribution in [0.2, 0.25) is 0 Å². The predicted molar refractivity (Wildman–Crippen MR) is 131 cm³/mol. The van der Waals surface area contributed by atoms with Crippen LogP contribution in [-0.2, 0) is 4.79 Å². The van der Waals surface area contributed by atoms with Crippen LogP contribution >= 0.6 is 11.3 Å². The smallest absolute Gasteiger partial charge is 0.273 e. The number of likely N-dealkylation sites (tertiary alicyclic amines) is 1. The second kappa shape index (κ2) is 9.46. The first-order chi connectivity index (χ1) is 16.5. The number of amides is 2. The lowest BCUT2D eigenvalue weighted by atomic mass is 9.95. The standard InChI is InChI=1S/C26H27N3O4S/c1-16(2)17-3-5-19(6-4-17)25-28-21(14-34-25)26(31)29-11-9-18(10-12-29)24(30)27-20-7-8-22-23(13-20)33-15-32-22/h3-8,13-14,16,18H,9-12,15H2,1-2H3,(H,27,30). The molecule has 0 atom stereocenters. The minimum atomic E-state index is -0.139. The summed E-state index contributed by atoms with van der Waals surface area (Å²) in [7, 11) is 0. The lowest BCUT2D eigenvalue weighted by molar-refractivity contribution is -0.121. The van der Waals surface area contributed by atoms with E-state index >= 15 is 0 Å². The number of benzene rings is 2. The molecule has 2 aliphatic rings. The number of anilines is 1. The van der Waals surface area contributed by atoms with Crippen LogP contribution in [0, 0.1) is 5.92 Å². The van der Waals surface area contributed by atoms with Crippen LogP contribution in [0.25, 0.3) is 10.6 Å². The number of rotatable bonds is 5. The summed E-state index contributed by atoms with van der Waals surface area (Å²) in [4.78, 5) is 32.1. The molecule has 0 bridgehead atoms. The Bertz CT molecular complexity index is 1200. The molecule has 0 saturated carbocycles. The lowest BCUT2D eigenvalue weighted by Crippen LogP contribution is -2.41. The van der Waals surface area contributed by atoms with Crippen molar-refractivity contribution in [3.05, 3.63) is 59.1 Å². The number of hydrogen-bond acceptors (Lipinski definition) is 6. The molecule has 1 N–H and O–H groups in total. The molecule has 8 heteroatoms. The van der Waals surface area contributed by atoms with E-state index in [2.05, 4.69) is 48.4 Å². The van der Waals surface area contributed by atoms with Gasteiger partial charge < -0.3 is 19.7 Å². The fourth-order valence-electron chi connectivity index (χ4n) is 4.24. The summed E-state index contributed by atoms with van der Waals surface area (Å²) in [5, 5.41) is 5.63. The number of carbonyl (C=O) groups excluding carboxylic acids is 2. The van der Waals surface area contributed by atoms with Crippen molar-refractivity contribution in [3.63, 3.8) is 0 Å². The molecular formula is C26H27N3O4S. The predicted octanol–water partition coefficient (Wildman–Crippen LogP) is 5.15. The average Bonchev–Trinajstić information content (AvgIpc) is 3.53. The fourth-order valence-corrected chi connectivity index (χ4v) is 5.04. The van der Waals surface area contributed by atoms with Gasteiger partial charge in [-0.05, 0) is 36.5 Å². The van der Waals surface area contributed by atoms with Gasteiger partial charge >= 0.3 is 0 Å². The molecule has 0 spiro atoms. The number of hydrogen-bond donors (Lipinski definition) is 1. The highest BCUT2D eigenvalue weighted by molar-refractivity contribution is 7.13. The van der Waals surface area contributed by atoms with Crippen LogP contribution in [-0.4, -0.2) is 41.6 Å². The van der Waals surface area contributed by atoms with Crippen molar-refractivity contribution in [3.8, 4) is 22.1 Å². The molecule has 5 rings (SSSR count). The summed E-state index contributed by atoms with van der Waals surface area (Å²) in [5.41, 5.74) is 3.45. The molecule has 2 aromatic carbocycles. The highest BCUT2D eigenvalue weighted by Crippen LogP contribution is 2.34. The van der Waals surface area contributed by atoms with Crippen LogP contribution in [0.15, 0.2) is 47.8 Å². The number of nitrogens with zero attached hydrogens (tertiary/aromatic N) is 2. The van der Waals surface area contributed by atoms with Crippen LogP contribution in [0.1, 0.15) is 48.7 Å². The second-order valence-corrected chi connectivity index (χ2v) is 9.80. The van der Waals surface area contributed by atoms with Crippen molar-refractivity contribution < 1.29 is 19.1 Å². The first kappa shape index (κ1) is 22.4. The van der Waals surface area contributed by atoms with E-state index in [1.54, 1.807) is 23.1 Å². The normalized spacial score (nSPS) is 15.6. The van der Waals surface area contributed by atoms with Crippen LogP contribution in [0.4, 0.5) is 5.69 Å². The second-order valence-electron chi connectivity index (χ2n) is 8.94. The third kappa shape index (κ3) is 4.63. The van der Waals surface area contributed by atoms with Gasteiger partial charge in [-0.2, -0.15) is 0 Å². The van der Waals surface area contributed by atoms with Gasteiger partial charge in [-0.15, -0.1) is 11.3 Å². The molecule has 0 aliphatic carbocycles. The van der Waals surface area contributed by atoms with E-state index in [1.165, 1.54) is 16.9 Å². The van der Waals surface area contributed by atoms with Crippen LogP contribution in [0.3, 0.4) is 0 Å². The summed E-state index contributed by atoms with van der Waals surface area (Å²) in [6.07, 6.45) is 1.24. The molecule has 0 radical (unpaired) electrons. The summed E-state index contributed by atoms with van der Waals surface area (Å²) < 4.78 is 10.7. The molecular weight excluding hydrogens is 450 g/mol. The Morgan fingerprint density at radius 2 is 1.79 bits per heavy atom. The maximum atomic E-state index is 13.0. The molecule has 3 aromatic rings.